The van der Waals surface area contributed by atoms with Crippen molar-refractivity contribution < 1.29 is 13.5 Å². The minimum atomic E-state index is -0.947. The van der Waals surface area contributed by atoms with Gasteiger partial charge in [0.25, 0.3) is 5.56 Å². The molecule has 0 radical (unpaired) electrons. The molecule has 0 saturated carbocycles. The first kappa shape index (κ1) is 17.9. The summed E-state index contributed by atoms with van der Waals surface area (Å²) < 4.78 is 33.4. The Labute approximate surface area is 159 Å². The van der Waals surface area contributed by atoms with Gasteiger partial charge < -0.3 is 9.30 Å². The molecule has 2 heterocycles. The van der Waals surface area contributed by atoms with Crippen molar-refractivity contribution >= 4 is 10.8 Å². The van der Waals surface area contributed by atoms with Crippen LogP contribution in [0.5, 0.6) is 5.88 Å². The zero-order chi connectivity index (χ0) is 19.7. The Hall–Kier alpha value is -3.54. The number of aromatic nitrogens is 2. The largest absolute Gasteiger partial charge is 0.480 e. The summed E-state index contributed by atoms with van der Waals surface area (Å²) in [5, 5.41) is 1.05. The van der Waals surface area contributed by atoms with Crippen LogP contribution >= 0.6 is 0 Å². The summed E-state index contributed by atoms with van der Waals surface area (Å²) in [6, 6.07) is 15.0. The van der Waals surface area contributed by atoms with Gasteiger partial charge in [-0.3, -0.25) is 4.79 Å². The zero-order valence-electron chi connectivity index (χ0n) is 15.0. The molecule has 2 aromatic heterocycles. The van der Waals surface area contributed by atoms with Crippen LogP contribution in [0.3, 0.4) is 0 Å². The zero-order valence-corrected chi connectivity index (χ0v) is 15.0. The Balaban J connectivity index is 1.88. The van der Waals surface area contributed by atoms with Crippen LogP contribution in [0.4, 0.5) is 8.78 Å². The number of rotatable bonds is 4. The highest BCUT2D eigenvalue weighted by molar-refractivity contribution is 5.98. The van der Waals surface area contributed by atoms with E-state index in [0.717, 1.165) is 23.3 Å². The van der Waals surface area contributed by atoms with E-state index in [0.29, 0.717) is 16.3 Å². The fourth-order valence-corrected chi connectivity index (χ4v) is 3.22. The van der Waals surface area contributed by atoms with Gasteiger partial charge >= 0.3 is 0 Å². The first-order chi connectivity index (χ1) is 13.6. The molecular weight excluding hydrogens is 362 g/mol. The summed E-state index contributed by atoms with van der Waals surface area (Å²) in [6.45, 7) is 0.102. The SMILES string of the molecule is COc1ncc(-c2ccccc2)c2ccn(Cc3ccc(F)c(F)c3)c(=O)c12. The summed E-state index contributed by atoms with van der Waals surface area (Å²) in [5.74, 6) is -1.65. The smallest absolute Gasteiger partial charge is 0.264 e. The van der Waals surface area contributed by atoms with E-state index in [-0.39, 0.29) is 18.0 Å². The Morgan fingerprint density at radius 1 is 1.04 bits per heavy atom. The average molecular weight is 378 g/mol. The van der Waals surface area contributed by atoms with Gasteiger partial charge in [-0.25, -0.2) is 13.8 Å². The molecule has 140 valence electrons. The molecule has 0 fully saturated rings. The molecule has 0 aliphatic carbocycles. The maximum Gasteiger partial charge on any atom is 0.264 e. The molecule has 0 saturated heterocycles. The van der Waals surface area contributed by atoms with Crippen molar-refractivity contribution in [2.24, 2.45) is 0 Å². The molecule has 0 spiro atoms. The van der Waals surface area contributed by atoms with E-state index < -0.39 is 11.6 Å². The summed E-state index contributed by atoms with van der Waals surface area (Å²) in [7, 11) is 1.45. The summed E-state index contributed by atoms with van der Waals surface area (Å²) in [5.41, 5.74) is 1.91. The number of fused-ring (bicyclic) bond motifs is 1. The number of methoxy groups -OCH3 is 1. The fourth-order valence-electron chi connectivity index (χ4n) is 3.22. The second-order valence-electron chi connectivity index (χ2n) is 6.33. The van der Waals surface area contributed by atoms with Crippen LogP contribution in [-0.4, -0.2) is 16.7 Å². The van der Waals surface area contributed by atoms with Crippen LogP contribution < -0.4 is 10.3 Å². The van der Waals surface area contributed by atoms with Gasteiger partial charge in [0, 0.05) is 23.3 Å². The molecule has 0 atom stereocenters. The Morgan fingerprint density at radius 3 is 2.54 bits per heavy atom. The van der Waals surface area contributed by atoms with Gasteiger partial charge in [-0.15, -0.1) is 0 Å². The maximum atomic E-state index is 13.5. The summed E-state index contributed by atoms with van der Waals surface area (Å²) >= 11 is 0. The van der Waals surface area contributed by atoms with Crippen molar-refractivity contribution in [3.05, 3.63) is 94.5 Å². The summed E-state index contributed by atoms with van der Waals surface area (Å²) in [6.07, 6.45) is 3.31. The Bertz CT molecular complexity index is 1220. The second-order valence-corrected chi connectivity index (χ2v) is 6.33. The number of hydrogen-bond donors (Lipinski definition) is 0. The van der Waals surface area contributed by atoms with Gasteiger partial charge in [0.05, 0.1) is 13.7 Å². The highest BCUT2D eigenvalue weighted by atomic mass is 19.2. The molecule has 0 unspecified atom stereocenters. The first-order valence-electron chi connectivity index (χ1n) is 8.64. The predicted molar refractivity (Wildman–Crippen MR) is 103 cm³/mol. The predicted octanol–water partition coefficient (Wildman–Crippen LogP) is 4.40. The van der Waals surface area contributed by atoms with E-state index in [2.05, 4.69) is 4.98 Å². The highest BCUT2D eigenvalue weighted by Crippen LogP contribution is 2.30. The molecule has 4 rings (SSSR count). The molecule has 28 heavy (non-hydrogen) atoms. The number of halogens is 2. The average Bonchev–Trinajstić information content (AvgIpc) is 2.72. The summed E-state index contributed by atoms with van der Waals surface area (Å²) in [4.78, 5) is 17.4. The molecule has 2 aromatic carbocycles. The number of ether oxygens (including phenoxy) is 1. The van der Waals surface area contributed by atoms with Crippen molar-refractivity contribution in [3.63, 3.8) is 0 Å². The molecule has 0 bridgehead atoms. The van der Waals surface area contributed by atoms with Crippen LogP contribution in [0.25, 0.3) is 21.9 Å². The van der Waals surface area contributed by atoms with E-state index in [1.54, 1.807) is 12.4 Å². The fraction of sp³-hybridized carbons (Fsp3) is 0.0909. The van der Waals surface area contributed by atoms with Crippen LogP contribution in [0.15, 0.2) is 71.8 Å². The molecule has 4 aromatic rings. The third kappa shape index (κ3) is 3.13. The molecule has 6 heteroatoms. The monoisotopic (exact) mass is 378 g/mol. The minimum Gasteiger partial charge on any atom is -0.480 e. The highest BCUT2D eigenvalue weighted by Gasteiger charge is 2.15. The number of nitrogens with zero attached hydrogens (tertiary/aromatic N) is 2. The Kier molecular flexibility index (Phi) is 4.61. The lowest BCUT2D eigenvalue weighted by atomic mass is 10.0. The molecule has 0 N–H and O–H groups in total. The van der Waals surface area contributed by atoms with Crippen LogP contribution in [0.2, 0.25) is 0 Å². The van der Waals surface area contributed by atoms with E-state index in [9.17, 15) is 13.6 Å². The third-order valence-electron chi connectivity index (χ3n) is 4.60. The van der Waals surface area contributed by atoms with Crippen LogP contribution in [0.1, 0.15) is 5.56 Å². The molecular formula is C22H16F2N2O2. The number of hydrogen-bond acceptors (Lipinski definition) is 3. The van der Waals surface area contributed by atoms with Crippen molar-refractivity contribution in [1.29, 1.82) is 0 Å². The van der Waals surface area contributed by atoms with Gasteiger partial charge in [-0.2, -0.15) is 0 Å². The second kappa shape index (κ2) is 7.23. The van der Waals surface area contributed by atoms with Crippen molar-refractivity contribution in [2.45, 2.75) is 6.54 Å². The van der Waals surface area contributed by atoms with E-state index in [1.165, 1.54) is 17.7 Å². The quantitative estimate of drug-likeness (QED) is 0.529. The Morgan fingerprint density at radius 2 is 1.82 bits per heavy atom. The van der Waals surface area contributed by atoms with E-state index in [4.69, 9.17) is 4.74 Å². The van der Waals surface area contributed by atoms with E-state index in [1.807, 2.05) is 36.4 Å². The van der Waals surface area contributed by atoms with Gasteiger partial charge in [0.2, 0.25) is 5.88 Å². The van der Waals surface area contributed by atoms with Crippen molar-refractivity contribution in [1.82, 2.24) is 9.55 Å². The first-order valence-corrected chi connectivity index (χ1v) is 8.64. The maximum absolute atomic E-state index is 13.5. The third-order valence-corrected chi connectivity index (χ3v) is 4.60. The van der Waals surface area contributed by atoms with Crippen molar-refractivity contribution in [2.75, 3.05) is 7.11 Å². The van der Waals surface area contributed by atoms with Gasteiger partial charge in [0.15, 0.2) is 11.6 Å². The normalized spacial score (nSPS) is 11.0. The number of pyridine rings is 2. The molecule has 0 amide bonds. The molecule has 0 aliphatic rings. The lowest BCUT2D eigenvalue weighted by Crippen LogP contribution is -2.21. The lowest BCUT2D eigenvalue weighted by molar-refractivity contribution is 0.403. The number of benzene rings is 2. The van der Waals surface area contributed by atoms with Gasteiger partial charge in [-0.1, -0.05) is 36.4 Å². The molecule has 4 nitrogen and oxygen atoms in total. The van der Waals surface area contributed by atoms with Crippen LogP contribution in [-0.2, 0) is 6.54 Å². The van der Waals surface area contributed by atoms with Gasteiger partial charge in [-0.05, 0) is 29.3 Å². The topological polar surface area (TPSA) is 44.1 Å². The van der Waals surface area contributed by atoms with Crippen LogP contribution in [0, 0.1) is 11.6 Å². The van der Waals surface area contributed by atoms with Crippen molar-refractivity contribution in [3.8, 4) is 17.0 Å². The minimum absolute atomic E-state index is 0.102. The molecule has 0 aliphatic heterocycles. The van der Waals surface area contributed by atoms with E-state index >= 15 is 0 Å². The lowest BCUT2D eigenvalue weighted by Gasteiger charge is -2.12. The standard InChI is InChI=1S/C22H16F2N2O2/c1-28-21-20-16(17(12-25-21)15-5-3-2-4-6-15)9-10-26(22(20)27)13-14-7-8-18(23)19(24)11-14/h2-12H,13H2,1H3. The van der Waals surface area contributed by atoms with Gasteiger partial charge in [0.1, 0.15) is 5.39 Å².